The molecule has 0 fully saturated rings. The Balaban J connectivity index is 2.46. The van der Waals surface area contributed by atoms with Gasteiger partial charge in [-0.15, -0.1) is 0 Å². The van der Waals surface area contributed by atoms with E-state index < -0.39 is 5.97 Å². The molecule has 2 rings (SSSR count). The maximum absolute atomic E-state index is 10.7. The molecule has 0 amide bonds. The average Bonchev–Trinajstić information content (AvgIpc) is 2.65. The number of hydrogen-bond donors (Lipinski definition) is 1. The van der Waals surface area contributed by atoms with Gasteiger partial charge in [-0.2, -0.15) is 5.10 Å². The second kappa shape index (κ2) is 5.49. The lowest BCUT2D eigenvalue weighted by Gasteiger charge is -2.09. The third-order valence-electron chi connectivity index (χ3n) is 3.62. The normalized spacial score (nSPS) is 10.8. The van der Waals surface area contributed by atoms with Crippen molar-refractivity contribution in [3.8, 4) is 5.69 Å². The van der Waals surface area contributed by atoms with Crippen molar-refractivity contribution in [2.75, 3.05) is 0 Å². The van der Waals surface area contributed by atoms with Crippen molar-refractivity contribution >= 4 is 5.97 Å². The first-order valence-electron chi connectivity index (χ1n) is 6.74. The van der Waals surface area contributed by atoms with E-state index in [0.717, 1.165) is 28.2 Å². The number of hydrogen-bond acceptors (Lipinski definition) is 2. The average molecular weight is 272 g/mol. The highest BCUT2D eigenvalue weighted by atomic mass is 16.4. The molecule has 0 aliphatic heterocycles. The zero-order valence-electron chi connectivity index (χ0n) is 12.4. The van der Waals surface area contributed by atoms with Crippen LogP contribution >= 0.6 is 0 Å². The Morgan fingerprint density at radius 1 is 1.25 bits per heavy atom. The van der Waals surface area contributed by atoms with Gasteiger partial charge in [0.2, 0.25) is 0 Å². The van der Waals surface area contributed by atoms with E-state index in [4.69, 9.17) is 5.11 Å². The summed E-state index contributed by atoms with van der Waals surface area (Å²) in [5.41, 5.74) is 6.37. The van der Waals surface area contributed by atoms with Crippen molar-refractivity contribution in [3.05, 3.63) is 46.3 Å². The maximum atomic E-state index is 10.7. The molecule has 106 valence electrons. The molecule has 0 unspecified atom stereocenters. The highest BCUT2D eigenvalue weighted by molar-refractivity contribution is 5.67. The van der Waals surface area contributed by atoms with E-state index in [1.807, 2.05) is 18.5 Å². The lowest BCUT2D eigenvalue weighted by Crippen LogP contribution is -2.03. The minimum atomic E-state index is -0.775. The standard InChI is InChI=1S/C16H20N2O2/c1-10-5-6-11(2)15(9-10)18-13(4)14(12(3)17-18)7-8-16(19)20/h5-6,9H,7-8H2,1-4H3,(H,19,20). The molecule has 0 saturated carbocycles. The molecular formula is C16H20N2O2. The Bertz CT molecular complexity index is 657. The van der Waals surface area contributed by atoms with Crippen molar-refractivity contribution < 1.29 is 9.90 Å². The molecule has 0 aliphatic rings. The summed E-state index contributed by atoms with van der Waals surface area (Å²) in [5.74, 6) is -0.775. The van der Waals surface area contributed by atoms with E-state index >= 15 is 0 Å². The fraction of sp³-hybridized carbons (Fsp3) is 0.375. The van der Waals surface area contributed by atoms with Crippen LogP contribution in [0.4, 0.5) is 0 Å². The molecule has 20 heavy (non-hydrogen) atoms. The molecule has 1 aromatic carbocycles. The van der Waals surface area contributed by atoms with Crippen LogP contribution in [0.25, 0.3) is 5.69 Å². The Labute approximate surface area is 119 Å². The molecule has 4 heteroatoms. The zero-order chi connectivity index (χ0) is 14.9. The van der Waals surface area contributed by atoms with Crippen LogP contribution < -0.4 is 0 Å². The fourth-order valence-corrected chi connectivity index (χ4v) is 2.45. The Hall–Kier alpha value is -2.10. The second-order valence-corrected chi connectivity index (χ2v) is 5.24. The molecule has 1 heterocycles. The van der Waals surface area contributed by atoms with E-state index in [2.05, 4.69) is 37.1 Å². The zero-order valence-corrected chi connectivity index (χ0v) is 12.4. The van der Waals surface area contributed by atoms with Gasteiger partial charge in [0.15, 0.2) is 0 Å². The summed E-state index contributed by atoms with van der Waals surface area (Å²) in [4.78, 5) is 10.7. The number of carbonyl (C=O) groups is 1. The lowest BCUT2D eigenvalue weighted by molar-refractivity contribution is -0.136. The Morgan fingerprint density at radius 3 is 2.60 bits per heavy atom. The minimum absolute atomic E-state index is 0.139. The van der Waals surface area contributed by atoms with Crippen molar-refractivity contribution in [2.24, 2.45) is 0 Å². The summed E-state index contributed by atoms with van der Waals surface area (Å²) in [6.07, 6.45) is 0.665. The number of carboxylic acids is 1. The SMILES string of the molecule is Cc1ccc(C)c(-n2nc(C)c(CCC(=O)O)c2C)c1. The van der Waals surface area contributed by atoms with Crippen LogP contribution in [0.1, 0.15) is 34.5 Å². The molecule has 1 N–H and O–H groups in total. The Morgan fingerprint density at radius 2 is 1.95 bits per heavy atom. The van der Waals surface area contributed by atoms with Crippen molar-refractivity contribution in [1.82, 2.24) is 9.78 Å². The van der Waals surface area contributed by atoms with Gasteiger partial charge in [-0.05, 0) is 56.9 Å². The largest absolute Gasteiger partial charge is 0.481 e. The molecule has 0 spiro atoms. The second-order valence-electron chi connectivity index (χ2n) is 5.24. The molecule has 0 saturated heterocycles. The summed E-state index contributed by atoms with van der Waals surface area (Å²) in [5, 5.41) is 13.4. The van der Waals surface area contributed by atoms with Gasteiger partial charge >= 0.3 is 5.97 Å². The molecule has 0 aliphatic carbocycles. The van der Waals surface area contributed by atoms with Gasteiger partial charge in [-0.3, -0.25) is 4.79 Å². The van der Waals surface area contributed by atoms with Crippen LogP contribution in [0.2, 0.25) is 0 Å². The van der Waals surface area contributed by atoms with Crippen LogP contribution in [0, 0.1) is 27.7 Å². The first kappa shape index (κ1) is 14.3. The Kier molecular flexibility index (Phi) is 3.93. The van der Waals surface area contributed by atoms with Gasteiger partial charge in [0, 0.05) is 12.1 Å². The van der Waals surface area contributed by atoms with E-state index in [1.54, 1.807) is 0 Å². The van der Waals surface area contributed by atoms with Gasteiger partial charge < -0.3 is 5.11 Å². The van der Waals surface area contributed by atoms with Crippen LogP contribution in [0.5, 0.6) is 0 Å². The first-order valence-corrected chi connectivity index (χ1v) is 6.74. The monoisotopic (exact) mass is 272 g/mol. The predicted octanol–water partition coefficient (Wildman–Crippen LogP) is 3.12. The van der Waals surface area contributed by atoms with Gasteiger partial charge in [0.05, 0.1) is 11.4 Å². The molecule has 0 radical (unpaired) electrons. The third kappa shape index (κ3) is 2.74. The van der Waals surface area contributed by atoms with Crippen molar-refractivity contribution in [2.45, 2.75) is 40.5 Å². The number of aryl methyl sites for hydroxylation is 3. The van der Waals surface area contributed by atoms with Gasteiger partial charge in [-0.1, -0.05) is 12.1 Å². The van der Waals surface area contributed by atoms with Crippen LogP contribution in [-0.4, -0.2) is 20.9 Å². The lowest BCUT2D eigenvalue weighted by atomic mass is 10.1. The summed E-state index contributed by atoms with van der Waals surface area (Å²) in [6.45, 7) is 8.05. The molecule has 4 nitrogen and oxygen atoms in total. The van der Waals surface area contributed by atoms with Crippen molar-refractivity contribution in [3.63, 3.8) is 0 Å². The third-order valence-corrected chi connectivity index (χ3v) is 3.62. The topological polar surface area (TPSA) is 55.1 Å². The van der Waals surface area contributed by atoms with Gasteiger partial charge in [-0.25, -0.2) is 4.68 Å². The number of aliphatic carboxylic acids is 1. The summed E-state index contributed by atoms with van der Waals surface area (Å²) in [6, 6.07) is 6.27. The molecular weight excluding hydrogens is 252 g/mol. The molecule has 0 atom stereocenters. The molecule has 1 aromatic heterocycles. The molecule has 2 aromatic rings. The van der Waals surface area contributed by atoms with E-state index in [0.29, 0.717) is 6.42 Å². The quantitative estimate of drug-likeness (QED) is 0.930. The van der Waals surface area contributed by atoms with E-state index in [-0.39, 0.29) is 6.42 Å². The van der Waals surface area contributed by atoms with Crippen molar-refractivity contribution in [1.29, 1.82) is 0 Å². The van der Waals surface area contributed by atoms with E-state index in [1.165, 1.54) is 5.56 Å². The summed E-state index contributed by atoms with van der Waals surface area (Å²) >= 11 is 0. The highest BCUT2D eigenvalue weighted by Crippen LogP contribution is 2.22. The number of carboxylic acid groups (broad SMARTS) is 1. The summed E-state index contributed by atoms with van der Waals surface area (Å²) in [7, 11) is 0. The van der Waals surface area contributed by atoms with Crippen LogP contribution in [-0.2, 0) is 11.2 Å². The maximum Gasteiger partial charge on any atom is 0.303 e. The van der Waals surface area contributed by atoms with E-state index in [9.17, 15) is 4.79 Å². The minimum Gasteiger partial charge on any atom is -0.481 e. The first-order chi connectivity index (χ1) is 9.40. The number of nitrogens with zero attached hydrogens (tertiary/aromatic N) is 2. The van der Waals surface area contributed by atoms with Gasteiger partial charge in [0.1, 0.15) is 0 Å². The van der Waals surface area contributed by atoms with Crippen LogP contribution in [0.3, 0.4) is 0 Å². The van der Waals surface area contributed by atoms with Gasteiger partial charge in [0.25, 0.3) is 0 Å². The predicted molar refractivity (Wildman–Crippen MR) is 78.5 cm³/mol. The fourth-order valence-electron chi connectivity index (χ4n) is 2.45. The number of aromatic nitrogens is 2. The summed E-state index contributed by atoms with van der Waals surface area (Å²) < 4.78 is 1.93. The smallest absolute Gasteiger partial charge is 0.303 e. The number of benzene rings is 1. The molecule has 0 bridgehead atoms. The highest BCUT2D eigenvalue weighted by Gasteiger charge is 2.15. The number of rotatable bonds is 4. The van der Waals surface area contributed by atoms with Crippen LogP contribution in [0.15, 0.2) is 18.2 Å².